The molecule has 4 N–H and O–H groups in total. The van der Waals surface area contributed by atoms with Gasteiger partial charge >= 0.3 is 6.36 Å². The summed E-state index contributed by atoms with van der Waals surface area (Å²) >= 11 is 0. The third-order valence-corrected chi connectivity index (χ3v) is 2.73. The van der Waals surface area contributed by atoms with Gasteiger partial charge in [0.05, 0.1) is 0 Å². The van der Waals surface area contributed by atoms with Crippen LogP contribution in [0.1, 0.15) is 37.3 Å². The molecule has 1 rings (SSSR count). The largest absolute Gasteiger partial charge is 0.573 e. The number of carbonyl (C=O) groups excluding carboxylic acids is 1. The summed E-state index contributed by atoms with van der Waals surface area (Å²) in [5, 5.41) is 0. The molecular weight excluding hydrogens is 273 g/mol. The lowest BCUT2D eigenvalue weighted by molar-refractivity contribution is -0.274. The maximum Gasteiger partial charge on any atom is 0.573 e. The van der Waals surface area contributed by atoms with Gasteiger partial charge in [0, 0.05) is 12.5 Å². The van der Waals surface area contributed by atoms with Crippen molar-refractivity contribution in [3.8, 4) is 5.75 Å². The Hall–Kier alpha value is -1.76. The summed E-state index contributed by atoms with van der Waals surface area (Å²) in [4.78, 5) is 10.6. The second kappa shape index (κ2) is 7.14. The van der Waals surface area contributed by atoms with Crippen LogP contribution in [0.4, 0.5) is 13.2 Å². The number of rotatable bonds is 7. The highest BCUT2D eigenvalue weighted by atomic mass is 19.4. The fraction of sp³-hybridized carbons (Fsp3) is 0.462. The van der Waals surface area contributed by atoms with Crippen LogP contribution in [0, 0.1) is 0 Å². The van der Waals surface area contributed by atoms with E-state index in [0.717, 1.165) is 12.0 Å². The van der Waals surface area contributed by atoms with Gasteiger partial charge in [-0.3, -0.25) is 4.79 Å². The Morgan fingerprint density at radius 3 is 2.30 bits per heavy atom. The first-order chi connectivity index (χ1) is 9.28. The predicted octanol–water partition coefficient (Wildman–Crippen LogP) is 2.63. The minimum Gasteiger partial charge on any atom is -0.406 e. The summed E-state index contributed by atoms with van der Waals surface area (Å²) < 4.78 is 39.7. The summed E-state index contributed by atoms with van der Waals surface area (Å²) in [5.74, 6) is -0.630. The molecule has 112 valence electrons. The maximum atomic E-state index is 12.0. The average molecular weight is 290 g/mol. The van der Waals surface area contributed by atoms with Crippen molar-refractivity contribution in [3.05, 3.63) is 29.8 Å². The van der Waals surface area contributed by atoms with Gasteiger partial charge in [-0.15, -0.1) is 13.2 Å². The number of carbonyl (C=O) groups is 1. The number of unbranched alkanes of at least 4 members (excludes halogenated alkanes) is 1. The van der Waals surface area contributed by atoms with Gasteiger partial charge in [-0.2, -0.15) is 0 Å². The standard InChI is InChI=1S/C13H17F3N2O2/c14-13(15,16)20-10-7-5-9(6-8-10)11(17)3-1-2-4-12(18)19/h5-8,11H,1-4,17H2,(H2,18,19). The third kappa shape index (κ3) is 6.42. The average Bonchev–Trinajstić information content (AvgIpc) is 2.33. The highest BCUT2D eigenvalue weighted by Crippen LogP contribution is 2.25. The number of amides is 1. The van der Waals surface area contributed by atoms with Gasteiger partial charge in [-0.1, -0.05) is 18.6 Å². The zero-order chi connectivity index (χ0) is 15.2. The van der Waals surface area contributed by atoms with E-state index < -0.39 is 6.36 Å². The van der Waals surface area contributed by atoms with Gasteiger partial charge in [0.1, 0.15) is 5.75 Å². The molecule has 0 fully saturated rings. The fourth-order valence-corrected chi connectivity index (χ4v) is 1.75. The summed E-state index contributed by atoms with van der Waals surface area (Å²) in [5.41, 5.74) is 11.6. The molecule has 4 nitrogen and oxygen atoms in total. The molecule has 0 aliphatic carbocycles. The normalized spacial score (nSPS) is 13.0. The number of primary amides is 1. The molecule has 0 aliphatic rings. The summed E-state index contributed by atoms with van der Waals surface area (Å²) in [7, 11) is 0. The van der Waals surface area contributed by atoms with Crippen LogP contribution >= 0.6 is 0 Å². The lowest BCUT2D eigenvalue weighted by Gasteiger charge is -2.13. The zero-order valence-corrected chi connectivity index (χ0v) is 10.8. The highest BCUT2D eigenvalue weighted by molar-refractivity contribution is 5.73. The van der Waals surface area contributed by atoms with Crippen molar-refractivity contribution >= 4 is 5.91 Å². The molecule has 0 saturated heterocycles. The topological polar surface area (TPSA) is 78.3 Å². The monoisotopic (exact) mass is 290 g/mol. The zero-order valence-electron chi connectivity index (χ0n) is 10.8. The SMILES string of the molecule is NC(=O)CCCCC(N)c1ccc(OC(F)(F)F)cc1. The molecule has 0 aromatic heterocycles. The van der Waals surface area contributed by atoms with E-state index in [0.29, 0.717) is 19.3 Å². The van der Waals surface area contributed by atoms with Crippen molar-refractivity contribution in [2.45, 2.75) is 38.1 Å². The van der Waals surface area contributed by atoms with Crippen molar-refractivity contribution < 1.29 is 22.7 Å². The number of alkyl halides is 3. The first-order valence-electron chi connectivity index (χ1n) is 6.17. The Labute approximate surface area is 114 Å². The summed E-state index contributed by atoms with van der Waals surface area (Å²) in [6.07, 6.45) is -2.38. The molecule has 0 heterocycles. The Bertz CT molecular complexity index is 432. The number of halogens is 3. The minimum absolute atomic E-state index is 0.276. The third-order valence-electron chi connectivity index (χ3n) is 2.73. The molecule has 1 atom stereocenters. The maximum absolute atomic E-state index is 12.0. The molecule has 0 spiro atoms. The van der Waals surface area contributed by atoms with Crippen molar-refractivity contribution in [3.63, 3.8) is 0 Å². The Kier molecular flexibility index (Phi) is 5.82. The Morgan fingerprint density at radius 1 is 1.20 bits per heavy atom. The molecule has 0 aliphatic heterocycles. The summed E-state index contributed by atoms with van der Waals surface area (Å²) in [6.45, 7) is 0. The lowest BCUT2D eigenvalue weighted by Crippen LogP contribution is -2.17. The number of benzene rings is 1. The van der Waals surface area contributed by atoms with Crippen LogP contribution in [0.3, 0.4) is 0 Å². The second-order valence-corrected chi connectivity index (χ2v) is 4.44. The van der Waals surface area contributed by atoms with Gasteiger partial charge in [0.25, 0.3) is 0 Å². The van der Waals surface area contributed by atoms with E-state index in [2.05, 4.69) is 4.74 Å². The minimum atomic E-state index is -4.70. The molecule has 0 radical (unpaired) electrons. The molecule has 1 amide bonds. The van der Waals surface area contributed by atoms with E-state index in [1.54, 1.807) is 0 Å². The van der Waals surface area contributed by atoms with Crippen LogP contribution in [0.5, 0.6) is 5.75 Å². The number of hydrogen-bond acceptors (Lipinski definition) is 3. The van der Waals surface area contributed by atoms with Gasteiger partial charge in [-0.25, -0.2) is 0 Å². The highest BCUT2D eigenvalue weighted by Gasteiger charge is 2.30. The summed E-state index contributed by atoms with van der Waals surface area (Å²) in [6, 6.07) is 5.17. The molecular formula is C13H17F3N2O2. The number of hydrogen-bond donors (Lipinski definition) is 2. The van der Waals surface area contributed by atoms with Crippen LogP contribution < -0.4 is 16.2 Å². The van der Waals surface area contributed by atoms with Gasteiger partial charge < -0.3 is 16.2 Å². The van der Waals surface area contributed by atoms with Crippen LogP contribution in [0.25, 0.3) is 0 Å². The molecule has 1 aromatic carbocycles. The smallest absolute Gasteiger partial charge is 0.406 e. The van der Waals surface area contributed by atoms with Gasteiger partial charge in [0.15, 0.2) is 0 Å². The molecule has 1 unspecified atom stereocenters. The van der Waals surface area contributed by atoms with Crippen molar-refractivity contribution in [2.75, 3.05) is 0 Å². The molecule has 20 heavy (non-hydrogen) atoms. The lowest BCUT2D eigenvalue weighted by atomic mass is 10.0. The van der Waals surface area contributed by atoms with Crippen molar-refractivity contribution in [2.24, 2.45) is 11.5 Å². The van der Waals surface area contributed by atoms with Gasteiger partial charge in [0.2, 0.25) is 5.91 Å². The number of ether oxygens (including phenoxy) is 1. The fourth-order valence-electron chi connectivity index (χ4n) is 1.75. The van der Waals surface area contributed by atoms with E-state index in [4.69, 9.17) is 11.5 Å². The molecule has 7 heteroatoms. The van der Waals surface area contributed by atoms with E-state index in [9.17, 15) is 18.0 Å². The predicted molar refractivity (Wildman–Crippen MR) is 67.7 cm³/mol. The van der Waals surface area contributed by atoms with Crippen LogP contribution in [0.2, 0.25) is 0 Å². The van der Waals surface area contributed by atoms with Crippen LogP contribution in [0.15, 0.2) is 24.3 Å². The molecule has 1 aromatic rings. The first kappa shape index (κ1) is 16.3. The van der Waals surface area contributed by atoms with Crippen molar-refractivity contribution in [1.82, 2.24) is 0 Å². The van der Waals surface area contributed by atoms with Crippen LogP contribution in [-0.4, -0.2) is 12.3 Å². The van der Waals surface area contributed by atoms with Crippen LogP contribution in [-0.2, 0) is 4.79 Å². The van der Waals surface area contributed by atoms with E-state index >= 15 is 0 Å². The number of nitrogens with two attached hydrogens (primary N) is 2. The Morgan fingerprint density at radius 2 is 1.80 bits per heavy atom. The van der Waals surface area contributed by atoms with E-state index in [-0.39, 0.29) is 17.7 Å². The molecule has 0 bridgehead atoms. The quantitative estimate of drug-likeness (QED) is 0.758. The van der Waals surface area contributed by atoms with Crippen molar-refractivity contribution in [1.29, 1.82) is 0 Å². The molecule has 0 saturated carbocycles. The first-order valence-corrected chi connectivity index (χ1v) is 6.17. The Balaban J connectivity index is 2.45. The van der Waals surface area contributed by atoms with E-state index in [1.165, 1.54) is 24.3 Å². The van der Waals surface area contributed by atoms with E-state index in [1.807, 2.05) is 0 Å². The second-order valence-electron chi connectivity index (χ2n) is 4.44. The van der Waals surface area contributed by atoms with Gasteiger partial charge in [-0.05, 0) is 30.5 Å².